The van der Waals surface area contributed by atoms with Crippen LogP contribution in [0.25, 0.3) is 0 Å². The summed E-state index contributed by atoms with van der Waals surface area (Å²) in [7, 11) is 0. The van der Waals surface area contributed by atoms with Crippen LogP contribution in [0.2, 0.25) is 0 Å². The Kier molecular flexibility index (Phi) is 5.14. The van der Waals surface area contributed by atoms with Crippen LogP contribution < -0.4 is 4.74 Å². The van der Waals surface area contributed by atoms with Gasteiger partial charge in [0.25, 0.3) is 5.91 Å². The van der Waals surface area contributed by atoms with E-state index in [0.29, 0.717) is 31.2 Å². The first-order valence-corrected chi connectivity index (χ1v) is 13.4. The van der Waals surface area contributed by atoms with E-state index in [0.717, 1.165) is 36.2 Å². The first kappa shape index (κ1) is 21.1. The SMILES string of the molecule is O=C(c1cc(C2CC2)c(OCC23CC4CC(CC(C4)C2)C3)cc1F)N1CCC(S(=O)O)C1. The molecule has 4 bridgehead atoms. The Morgan fingerprint density at radius 1 is 1.12 bits per heavy atom. The highest BCUT2D eigenvalue weighted by Crippen LogP contribution is 2.60. The number of carbonyl (C=O) groups is 1. The van der Waals surface area contributed by atoms with Crippen LogP contribution in [-0.4, -0.2) is 44.5 Å². The molecule has 1 aromatic rings. The first-order chi connectivity index (χ1) is 15.4. The van der Waals surface area contributed by atoms with Crippen LogP contribution in [0.5, 0.6) is 5.75 Å². The zero-order chi connectivity index (χ0) is 22.0. The van der Waals surface area contributed by atoms with Crippen molar-refractivity contribution in [2.45, 2.75) is 69.0 Å². The molecule has 2 unspecified atom stereocenters. The van der Waals surface area contributed by atoms with Crippen molar-refractivity contribution in [3.05, 3.63) is 29.1 Å². The van der Waals surface area contributed by atoms with E-state index in [-0.39, 0.29) is 23.4 Å². The molecular formula is C25H32FNO4S. The first-order valence-electron chi connectivity index (χ1n) is 12.2. The van der Waals surface area contributed by atoms with Gasteiger partial charge in [-0.25, -0.2) is 8.60 Å². The van der Waals surface area contributed by atoms with Gasteiger partial charge in [-0.3, -0.25) is 4.79 Å². The third-order valence-corrected chi connectivity index (χ3v) is 9.72. The number of halogens is 1. The monoisotopic (exact) mass is 461 g/mol. The normalized spacial score (nSPS) is 36.5. The third-order valence-electron chi connectivity index (χ3n) is 8.76. The van der Waals surface area contributed by atoms with Crippen LogP contribution >= 0.6 is 0 Å². The summed E-state index contributed by atoms with van der Waals surface area (Å²) in [6.45, 7) is 1.25. The largest absolute Gasteiger partial charge is 0.493 e. The van der Waals surface area contributed by atoms with E-state index in [1.54, 1.807) is 6.07 Å². The van der Waals surface area contributed by atoms with E-state index in [2.05, 4.69) is 0 Å². The standard InChI is InChI=1S/C25H32FNO4S/c26-22-9-23(31-14-25-10-15-5-16(11-25)7-17(6-15)12-25)20(18-1-2-18)8-21(22)24(28)27-4-3-19(13-27)32(29)30/h8-9,15-19H,1-7,10-14H2,(H,29,30). The molecule has 2 atom stereocenters. The van der Waals surface area contributed by atoms with Gasteiger partial charge in [0.05, 0.1) is 17.4 Å². The Morgan fingerprint density at radius 3 is 2.34 bits per heavy atom. The highest BCUT2D eigenvalue weighted by molar-refractivity contribution is 7.79. The molecule has 1 aromatic carbocycles. The average molecular weight is 462 g/mol. The molecule has 7 heteroatoms. The molecule has 6 fully saturated rings. The Labute approximate surface area is 191 Å². The van der Waals surface area contributed by atoms with Crippen LogP contribution in [-0.2, 0) is 11.1 Å². The summed E-state index contributed by atoms with van der Waals surface area (Å²) < 4.78 is 42.2. The molecule has 5 saturated carbocycles. The Balaban J connectivity index is 1.21. The zero-order valence-corrected chi connectivity index (χ0v) is 19.2. The van der Waals surface area contributed by atoms with Crippen molar-refractivity contribution in [3.63, 3.8) is 0 Å². The summed E-state index contributed by atoms with van der Waals surface area (Å²) in [5, 5.41) is -0.451. The van der Waals surface area contributed by atoms with Gasteiger partial charge in [0.15, 0.2) is 11.1 Å². The van der Waals surface area contributed by atoms with Gasteiger partial charge in [0, 0.05) is 24.6 Å². The number of ether oxygens (including phenoxy) is 1. The molecule has 1 amide bonds. The predicted octanol–water partition coefficient (Wildman–Crippen LogP) is 4.73. The maximum Gasteiger partial charge on any atom is 0.256 e. The lowest BCUT2D eigenvalue weighted by Gasteiger charge is -2.56. The van der Waals surface area contributed by atoms with Gasteiger partial charge in [0.1, 0.15) is 11.6 Å². The number of hydrogen-bond acceptors (Lipinski definition) is 3. The maximum atomic E-state index is 15.1. The lowest BCUT2D eigenvalue weighted by Crippen LogP contribution is -2.48. The smallest absolute Gasteiger partial charge is 0.256 e. The molecule has 5 aliphatic carbocycles. The Morgan fingerprint density at radius 2 is 1.78 bits per heavy atom. The molecular weight excluding hydrogens is 429 g/mol. The predicted molar refractivity (Wildman–Crippen MR) is 120 cm³/mol. The van der Waals surface area contributed by atoms with Gasteiger partial charge in [-0.1, -0.05) is 0 Å². The summed E-state index contributed by atoms with van der Waals surface area (Å²) in [6, 6.07) is 3.13. The minimum Gasteiger partial charge on any atom is -0.493 e. The molecule has 0 aromatic heterocycles. The van der Waals surface area contributed by atoms with Crippen LogP contribution in [0.3, 0.4) is 0 Å². The maximum absolute atomic E-state index is 15.1. The molecule has 1 aliphatic heterocycles. The van der Waals surface area contributed by atoms with E-state index >= 15 is 4.39 Å². The number of likely N-dealkylation sites (tertiary alicyclic amines) is 1. The second kappa shape index (κ2) is 7.79. The third kappa shape index (κ3) is 3.79. The van der Waals surface area contributed by atoms with Gasteiger partial charge >= 0.3 is 0 Å². The van der Waals surface area contributed by atoms with Crippen LogP contribution in [0, 0.1) is 29.0 Å². The van der Waals surface area contributed by atoms with Crippen LogP contribution in [0.4, 0.5) is 4.39 Å². The fourth-order valence-corrected chi connectivity index (χ4v) is 8.13. The van der Waals surface area contributed by atoms with Crippen molar-refractivity contribution in [1.29, 1.82) is 0 Å². The van der Waals surface area contributed by atoms with Gasteiger partial charge in [-0.05, 0) is 93.1 Å². The molecule has 7 rings (SSSR count). The highest BCUT2D eigenvalue weighted by atomic mass is 32.2. The van der Waals surface area contributed by atoms with E-state index in [9.17, 15) is 13.6 Å². The van der Waals surface area contributed by atoms with Crippen molar-refractivity contribution in [2.24, 2.45) is 23.2 Å². The number of rotatable bonds is 6. The average Bonchev–Trinajstić information content (AvgIpc) is 3.45. The molecule has 6 aliphatic rings. The molecule has 0 radical (unpaired) electrons. The van der Waals surface area contributed by atoms with Crippen molar-refractivity contribution < 1.29 is 22.7 Å². The lowest BCUT2D eigenvalue weighted by atomic mass is 9.50. The molecule has 174 valence electrons. The summed E-state index contributed by atoms with van der Waals surface area (Å²) in [6.07, 6.45) is 10.5. The summed E-state index contributed by atoms with van der Waals surface area (Å²) >= 11 is -1.96. The van der Waals surface area contributed by atoms with Crippen LogP contribution in [0.1, 0.15) is 79.6 Å². The van der Waals surface area contributed by atoms with Crippen molar-refractivity contribution in [3.8, 4) is 5.75 Å². The minimum atomic E-state index is -1.96. The summed E-state index contributed by atoms with van der Waals surface area (Å²) in [5.41, 5.74) is 1.28. The van der Waals surface area contributed by atoms with Gasteiger partial charge in [0.2, 0.25) is 0 Å². The van der Waals surface area contributed by atoms with E-state index < -0.39 is 22.1 Å². The molecule has 1 saturated heterocycles. The van der Waals surface area contributed by atoms with E-state index in [4.69, 9.17) is 4.74 Å². The molecule has 0 spiro atoms. The van der Waals surface area contributed by atoms with E-state index in [1.165, 1.54) is 49.5 Å². The minimum absolute atomic E-state index is 0.0680. The topological polar surface area (TPSA) is 66.8 Å². The number of hydrogen-bond donors (Lipinski definition) is 1. The fourth-order valence-electron chi connectivity index (χ4n) is 7.52. The Hall–Kier alpha value is -1.47. The van der Waals surface area contributed by atoms with Gasteiger partial charge < -0.3 is 14.2 Å². The van der Waals surface area contributed by atoms with Crippen molar-refractivity contribution in [1.82, 2.24) is 4.90 Å². The zero-order valence-electron chi connectivity index (χ0n) is 18.4. The quantitative estimate of drug-likeness (QED) is 0.622. The number of nitrogens with zero attached hydrogens (tertiary/aromatic N) is 1. The second-order valence-electron chi connectivity index (χ2n) is 11.3. The number of carbonyl (C=O) groups excluding carboxylic acids is 1. The second-order valence-corrected chi connectivity index (χ2v) is 12.5. The summed E-state index contributed by atoms with van der Waals surface area (Å²) in [5.74, 6) is 2.57. The van der Waals surface area contributed by atoms with E-state index in [1.807, 2.05) is 0 Å². The fraction of sp³-hybridized carbons (Fsp3) is 0.720. The Bertz CT molecular complexity index is 926. The molecule has 1 N–H and O–H groups in total. The number of benzene rings is 1. The lowest BCUT2D eigenvalue weighted by molar-refractivity contribution is -0.0747. The van der Waals surface area contributed by atoms with Gasteiger partial charge in [-0.2, -0.15) is 0 Å². The summed E-state index contributed by atoms with van der Waals surface area (Å²) in [4.78, 5) is 14.5. The molecule has 32 heavy (non-hydrogen) atoms. The molecule has 5 nitrogen and oxygen atoms in total. The van der Waals surface area contributed by atoms with Crippen molar-refractivity contribution >= 4 is 17.0 Å². The van der Waals surface area contributed by atoms with Crippen LogP contribution in [0.15, 0.2) is 12.1 Å². The highest BCUT2D eigenvalue weighted by Gasteiger charge is 2.51. The number of amides is 1. The van der Waals surface area contributed by atoms with Crippen molar-refractivity contribution in [2.75, 3.05) is 19.7 Å². The molecule has 1 heterocycles. The van der Waals surface area contributed by atoms with Gasteiger partial charge in [-0.15, -0.1) is 0 Å².